The van der Waals surface area contributed by atoms with E-state index in [-0.39, 0.29) is 11.4 Å². The Balaban J connectivity index is 2.87. The van der Waals surface area contributed by atoms with Crippen LogP contribution in [0.15, 0.2) is 16.6 Å². The van der Waals surface area contributed by atoms with Crippen molar-refractivity contribution in [3.8, 4) is 0 Å². The molecule has 0 radical (unpaired) electrons. The molecule has 6 heteroatoms. The van der Waals surface area contributed by atoms with E-state index in [9.17, 15) is 9.18 Å². The Hall–Kier alpha value is -0.650. The van der Waals surface area contributed by atoms with Gasteiger partial charge in [-0.1, -0.05) is 27.5 Å². The number of rotatable bonds is 3. The summed E-state index contributed by atoms with van der Waals surface area (Å²) in [7, 11) is 0. The molecule has 0 spiro atoms. The second kappa shape index (κ2) is 6.20. The molecule has 0 amide bonds. The largest absolute Gasteiger partial charge is 0.460 e. The van der Waals surface area contributed by atoms with Crippen LogP contribution in [0.1, 0.15) is 38.8 Å². The molecule has 0 bridgehead atoms. The number of ether oxygens (including phenoxy) is 1. The van der Waals surface area contributed by atoms with Crippen molar-refractivity contribution < 1.29 is 13.9 Å². The third-order valence-corrected chi connectivity index (χ3v) is 3.33. The Bertz CT molecular complexity index is 488. The molecule has 0 heterocycles. The topological polar surface area (TPSA) is 52.3 Å². The lowest BCUT2D eigenvalue weighted by Crippen LogP contribution is -2.26. The fourth-order valence-corrected chi connectivity index (χ4v) is 2.59. The van der Waals surface area contributed by atoms with Crippen molar-refractivity contribution in [1.82, 2.24) is 0 Å². The van der Waals surface area contributed by atoms with Crippen LogP contribution >= 0.6 is 27.5 Å². The van der Waals surface area contributed by atoms with E-state index in [4.69, 9.17) is 22.1 Å². The second-order valence-electron chi connectivity index (χ2n) is 5.15. The molecule has 106 valence electrons. The van der Waals surface area contributed by atoms with E-state index in [1.807, 2.05) is 0 Å². The van der Waals surface area contributed by atoms with E-state index < -0.39 is 23.4 Å². The monoisotopic (exact) mass is 351 g/mol. The van der Waals surface area contributed by atoms with Crippen LogP contribution in [0.3, 0.4) is 0 Å². The molecule has 1 rings (SSSR count). The zero-order valence-corrected chi connectivity index (χ0v) is 13.3. The molecular formula is C13H16BrClFNO2. The number of benzene rings is 1. The van der Waals surface area contributed by atoms with Crippen LogP contribution in [-0.2, 0) is 9.53 Å². The van der Waals surface area contributed by atoms with Gasteiger partial charge in [-0.25, -0.2) is 4.39 Å². The Morgan fingerprint density at radius 1 is 1.53 bits per heavy atom. The van der Waals surface area contributed by atoms with Gasteiger partial charge in [0.1, 0.15) is 11.4 Å². The number of hydrogen-bond donors (Lipinski definition) is 1. The highest BCUT2D eigenvalue weighted by atomic mass is 79.9. The van der Waals surface area contributed by atoms with E-state index in [2.05, 4.69) is 15.9 Å². The lowest BCUT2D eigenvalue weighted by molar-refractivity contribution is -0.155. The Morgan fingerprint density at radius 3 is 2.63 bits per heavy atom. The minimum atomic E-state index is -0.729. The maximum Gasteiger partial charge on any atom is 0.308 e. The van der Waals surface area contributed by atoms with E-state index in [0.717, 1.165) is 0 Å². The third-order valence-electron chi connectivity index (χ3n) is 2.26. The van der Waals surface area contributed by atoms with Gasteiger partial charge in [-0.05, 0) is 32.9 Å². The number of carbonyl (C=O) groups excluding carboxylic acids is 1. The van der Waals surface area contributed by atoms with Crippen LogP contribution in [0.25, 0.3) is 0 Å². The average Bonchev–Trinajstić information content (AvgIpc) is 2.21. The van der Waals surface area contributed by atoms with Crippen LogP contribution < -0.4 is 5.73 Å². The number of hydrogen-bond acceptors (Lipinski definition) is 3. The molecule has 0 aromatic heterocycles. The SMILES string of the molecule is CC(C)(C)OC(=O)C[C@@H](N)c1c(Br)ccc(F)c1Cl. The highest BCUT2D eigenvalue weighted by Crippen LogP contribution is 2.33. The van der Waals surface area contributed by atoms with Crippen molar-refractivity contribution in [1.29, 1.82) is 0 Å². The predicted octanol–water partition coefficient (Wildman–Crippen LogP) is 3.97. The van der Waals surface area contributed by atoms with Crippen molar-refractivity contribution in [3.05, 3.63) is 33.0 Å². The van der Waals surface area contributed by atoms with Gasteiger partial charge in [0.2, 0.25) is 0 Å². The van der Waals surface area contributed by atoms with Gasteiger partial charge in [-0.2, -0.15) is 0 Å². The predicted molar refractivity (Wildman–Crippen MR) is 76.5 cm³/mol. The Labute approximate surface area is 125 Å². The summed E-state index contributed by atoms with van der Waals surface area (Å²) in [4.78, 5) is 11.7. The van der Waals surface area contributed by atoms with Crippen LogP contribution in [0.5, 0.6) is 0 Å². The van der Waals surface area contributed by atoms with Crippen molar-refractivity contribution in [2.24, 2.45) is 5.73 Å². The summed E-state index contributed by atoms with van der Waals surface area (Å²) in [6.45, 7) is 5.30. The van der Waals surface area contributed by atoms with Gasteiger partial charge in [0.15, 0.2) is 0 Å². The summed E-state index contributed by atoms with van der Waals surface area (Å²) in [6, 6.07) is 2.01. The molecule has 1 aromatic carbocycles. The molecule has 0 saturated carbocycles. The van der Waals surface area contributed by atoms with Crippen LogP contribution in [0, 0.1) is 5.82 Å². The Kier molecular flexibility index (Phi) is 5.35. The lowest BCUT2D eigenvalue weighted by atomic mass is 10.0. The van der Waals surface area contributed by atoms with Gasteiger partial charge in [-0.3, -0.25) is 4.79 Å². The number of nitrogens with two attached hydrogens (primary N) is 1. The zero-order valence-electron chi connectivity index (χ0n) is 11.0. The molecule has 1 atom stereocenters. The fraction of sp³-hybridized carbons (Fsp3) is 0.462. The molecule has 3 nitrogen and oxygen atoms in total. The molecule has 0 unspecified atom stereocenters. The highest BCUT2D eigenvalue weighted by Gasteiger charge is 2.23. The van der Waals surface area contributed by atoms with Gasteiger partial charge in [0.05, 0.1) is 11.4 Å². The number of carbonyl (C=O) groups is 1. The fourth-order valence-electron chi connectivity index (χ4n) is 1.55. The molecule has 0 aliphatic carbocycles. The summed E-state index contributed by atoms with van der Waals surface area (Å²) >= 11 is 9.12. The summed E-state index contributed by atoms with van der Waals surface area (Å²) in [5.41, 5.74) is 5.69. The lowest BCUT2D eigenvalue weighted by Gasteiger charge is -2.21. The zero-order chi connectivity index (χ0) is 14.8. The van der Waals surface area contributed by atoms with Crippen LogP contribution in [0.2, 0.25) is 5.02 Å². The van der Waals surface area contributed by atoms with Gasteiger partial charge in [0.25, 0.3) is 0 Å². The van der Waals surface area contributed by atoms with E-state index >= 15 is 0 Å². The van der Waals surface area contributed by atoms with Gasteiger partial charge < -0.3 is 10.5 Å². The van der Waals surface area contributed by atoms with Crippen molar-refractivity contribution in [2.75, 3.05) is 0 Å². The first kappa shape index (κ1) is 16.4. The van der Waals surface area contributed by atoms with Gasteiger partial charge in [0, 0.05) is 16.1 Å². The molecule has 0 fully saturated rings. The molecular weight excluding hydrogens is 337 g/mol. The normalized spacial score (nSPS) is 13.2. The molecule has 0 aliphatic rings. The van der Waals surface area contributed by atoms with E-state index in [1.54, 1.807) is 20.8 Å². The summed E-state index contributed by atoms with van der Waals surface area (Å²) in [6.07, 6.45) is -0.0704. The van der Waals surface area contributed by atoms with E-state index in [1.165, 1.54) is 12.1 Å². The molecule has 0 aliphatic heterocycles. The number of halogens is 3. The average molecular weight is 353 g/mol. The summed E-state index contributed by atoms with van der Waals surface area (Å²) in [5, 5.41) is -0.0783. The van der Waals surface area contributed by atoms with Crippen LogP contribution in [-0.4, -0.2) is 11.6 Å². The molecule has 19 heavy (non-hydrogen) atoms. The van der Waals surface area contributed by atoms with Gasteiger partial charge in [-0.15, -0.1) is 0 Å². The first-order chi connectivity index (χ1) is 8.61. The summed E-state index contributed by atoms with van der Waals surface area (Å²) < 4.78 is 19.1. The minimum absolute atomic E-state index is 0.0704. The van der Waals surface area contributed by atoms with E-state index in [0.29, 0.717) is 10.0 Å². The standard InChI is InChI=1S/C13H16BrClFNO2/c1-13(2,3)19-10(18)6-9(17)11-7(14)4-5-8(16)12(11)15/h4-5,9H,6,17H2,1-3H3/t9-/m1/s1. The summed E-state index contributed by atoms with van der Waals surface area (Å²) in [5.74, 6) is -1.02. The van der Waals surface area contributed by atoms with Crippen molar-refractivity contribution in [2.45, 2.75) is 38.8 Å². The minimum Gasteiger partial charge on any atom is -0.460 e. The van der Waals surface area contributed by atoms with Crippen LogP contribution in [0.4, 0.5) is 4.39 Å². The van der Waals surface area contributed by atoms with Gasteiger partial charge >= 0.3 is 5.97 Å². The smallest absolute Gasteiger partial charge is 0.308 e. The molecule has 0 saturated heterocycles. The molecule has 2 N–H and O–H groups in total. The van der Waals surface area contributed by atoms with Crippen molar-refractivity contribution in [3.63, 3.8) is 0 Å². The second-order valence-corrected chi connectivity index (χ2v) is 6.39. The maximum absolute atomic E-state index is 13.4. The quantitative estimate of drug-likeness (QED) is 0.661. The number of esters is 1. The first-order valence-electron chi connectivity index (χ1n) is 5.72. The molecule has 1 aromatic rings. The Morgan fingerprint density at radius 2 is 2.11 bits per heavy atom. The maximum atomic E-state index is 13.4. The van der Waals surface area contributed by atoms with Crippen molar-refractivity contribution >= 4 is 33.5 Å². The highest BCUT2D eigenvalue weighted by molar-refractivity contribution is 9.10. The third kappa shape index (κ3) is 4.75. The first-order valence-corrected chi connectivity index (χ1v) is 6.89.